The number of sulfonamides is 1. The molecule has 5 atom stereocenters. The zero-order valence-electron chi connectivity index (χ0n) is 31.3. The highest BCUT2D eigenvalue weighted by Crippen LogP contribution is 2.49. The van der Waals surface area contributed by atoms with Crippen molar-refractivity contribution in [1.82, 2.24) is 25.2 Å². The second-order valence-corrected chi connectivity index (χ2v) is 19.4. The van der Waals surface area contributed by atoms with E-state index in [-0.39, 0.29) is 24.8 Å². The summed E-state index contributed by atoms with van der Waals surface area (Å²) in [7, 11) is -3.92. The number of carbonyl (C=O) groups is 3. The number of rotatable bonds is 7. The second kappa shape index (κ2) is 14.0. The van der Waals surface area contributed by atoms with Gasteiger partial charge in [0.1, 0.15) is 22.9 Å². The van der Waals surface area contributed by atoms with Gasteiger partial charge in [0.25, 0.3) is 5.91 Å². The van der Waals surface area contributed by atoms with Gasteiger partial charge in [-0.1, -0.05) is 68.9 Å². The van der Waals surface area contributed by atoms with Crippen LogP contribution >= 0.6 is 0 Å². The number of allylic oxidation sites excluding steroid dienone is 1. The number of hydrogen-bond donors (Lipinski definition) is 3. The molecule has 53 heavy (non-hydrogen) atoms. The van der Waals surface area contributed by atoms with Crippen LogP contribution in [0.15, 0.2) is 36.4 Å². The third kappa shape index (κ3) is 6.99. The summed E-state index contributed by atoms with van der Waals surface area (Å²) in [6, 6.07) is 6.71. The van der Waals surface area contributed by atoms with Crippen LogP contribution in [0.25, 0.3) is 10.9 Å². The summed E-state index contributed by atoms with van der Waals surface area (Å²) in [5.41, 5.74) is 0.562. The van der Waals surface area contributed by atoms with E-state index < -0.39 is 49.8 Å². The Bertz CT molecular complexity index is 1920. The number of hydrogen-bond acceptors (Lipinski definition) is 8. The largest absolute Gasteiger partial charge is 0.483 e. The lowest BCUT2D eigenvalue weighted by atomic mass is 9.87. The Morgan fingerprint density at radius 2 is 1.81 bits per heavy atom. The number of amides is 3. The van der Waals surface area contributed by atoms with Gasteiger partial charge in [0.2, 0.25) is 21.8 Å². The summed E-state index contributed by atoms with van der Waals surface area (Å²) in [5.74, 6) is -0.199. The van der Waals surface area contributed by atoms with Gasteiger partial charge in [-0.2, -0.15) is 0 Å². The van der Waals surface area contributed by atoms with Crippen LogP contribution in [0.4, 0.5) is 0 Å². The molecule has 3 aliphatic carbocycles. The molecule has 286 valence electrons. The summed E-state index contributed by atoms with van der Waals surface area (Å²) in [4.78, 5) is 50.0. The average Bonchev–Trinajstić information content (AvgIpc) is 3.92. The van der Waals surface area contributed by atoms with E-state index in [1.54, 1.807) is 11.8 Å². The first kappa shape index (κ1) is 36.5. The Balaban J connectivity index is 1.10. The molecule has 8 rings (SSSR count). The van der Waals surface area contributed by atoms with Crippen LogP contribution in [0.5, 0.6) is 5.75 Å². The van der Waals surface area contributed by atoms with E-state index in [1.165, 1.54) is 25.7 Å². The van der Waals surface area contributed by atoms with E-state index in [1.807, 2.05) is 31.2 Å². The fourth-order valence-corrected chi connectivity index (χ4v) is 10.8. The molecule has 3 amide bonds. The number of ether oxygens (including phenoxy) is 1. The molecular formula is C41H55N5O6S. The van der Waals surface area contributed by atoms with Gasteiger partial charge in [-0.3, -0.25) is 19.1 Å². The van der Waals surface area contributed by atoms with Crippen molar-refractivity contribution in [1.29, 1.82) is 0 Å². The van der Waals surface area contributed by atoms with Crippen LogP contribution in [0.1, 0.15) is 114 Å². The Morgan fingerprint density at radius 1 is 1.04 bits per heavy atom. The minimum absolute atomic E-state index is 0.112. The Kier molecular flexibility index (Phi) is 9.61. The summed E-state index contributed by atoms with van der Waals surface area (Å²) in [5, 5.41) is 7.72. The maximum absolute atomic E-state index is 14.8. The molecule has 6 aliphatic rings. The topological polar surface area (TPSA) is 147 Å². The molecule has 1 saturated heterocycles. The lowest BCUT2D eigenvalue weighted by molar-refractivity contribution is -0.141. The lowest BCUT2D eigenvalue weighted by Crippen LogP contribution is -2.58. The predicted octanol–water partition coefficient (Wildman–Crippen LogP) is 5.14. The van der Waals surface area contributed by atoms with E-state index in [0.29, 0.717) is 44.4 Å². The van der Waals surface area contributed by atoms with Gasteiger partial charge >= 0.3 is 0 Å². The van der Waals surface area contributed by atoms with Crippen molar-refractivity contribution in [3.05, 3.63) is 47.7 Å². The molecular weight excluding hydrogens is 691 g/mol. The predicted molar refractivity (Wildman–Crippen MR) is 203 cm³/mol. The minimum Gasteiger partial charge on any atom is -0.483 e. The number of pyridine rings is 1. The van der Waals surface area contributed by atoms with Crippen LogP contribution in [0.2, 0.25) is 0 Å². The van der Waals surface area contributed by atoms with Crippen molar-refractivity contribution in [3.8, 4) is 5.75 Å². The number of fused-ring (bicyclic) bond motifs is 5. The Hall–Kier alpha value is -3.51. The first-order chi connectivity index (χ1) is 25.4. The summed E-state index contributed by atoms with van der Waals surface area (Å²) >= 11 is 0. The first-order valence-corrected chi connectivity index (χ1v) is 21.6. The Morgan fingerprint density at radius 3 is 2.60 bits per heavy atom. The highest BCUT2D eigenvalue weighted by molar-refractivity contribution is 7.91. The molecule has 4 fully saturated rings. The lowest BCUT2D eigenvalue weighted by Gasteiger charge is -2.36. The number of aromatic nitrogens is 1. The maximum atomic E-state index is 14.8. The van der Waals surface area contributed by atoms with Gasteiger partial charge in [0.05, 0.1) is 28.5 Å². The zero-order valence-corrected chi connectivity index (χ0v) is 32.1. The van der Waals surface area contributed by atoms with Gasteiger partial charge in [-0.25, -0.2) is 13.4 Å². The van der Waals surface area contributed by atoms with Crippen LogP contribution < -0.4 is 20.1 Å². The molecule has 12 heteroatoms. The molecule has 3 saturated carbocycles. The van der Waals surface area contributed by atoms with Crippen molar-refractivity contribution in [3.63, 3.8) is 0 Å². The van der Waals surface area contributed by atoms with E-state index in [0.717, 1.165) is 66.6 Å². The molecule has 1 spiro atoms. The van der Waals surface area contributed by atoms with Crippen LogP contribution in [-0.2, 0) is 30.8 Å². The van der Waals surface area contributed by atoms with Gasteiger partial charge < -0.3 is 20.3 Å². The van der Waals surface area contributed by atoms with Crippen molar-refractivity contribution in [2.24, 2.45) is 11.8 Å². The fraction of sp³-hybridized carbons (Fsp3) is 0.659. The summed E-state index contributed by atoms with van der Waals surface area (Å²) in [6.45, 7) is 4.58. The highest BCUT2D eigenvalue weighted by atomic mass is 32.2. The highest BCUT2D eigenvalue weighted by Gasteiger charge is 2.64. The fourth-order valence-electron chi connectivity index (χ4n) is 9.46. The molecule has 0 unspecified atom stereocenters. The van der Waals surface area contributed by atoms with Crippen LogP contribution in [-0.4, -0.2) is 77.1 Å². The van der Waals surface area contributed by atoms with Gasteiger partial charge in [-0.05, 0) is 90.2 Å². The third-order valence-electron chi connectivity index (χ3n) is 13.3. The molecule has 3 N–H and O–H groups in total. The van der Waals surface area contributed by atoms with Crippen molar-refractivity contribution < 1.29 is 27.5 Å². The van der Waals surface area contributed by atoms with Crippen LogP contribution in [0, 0.1) is 18.8 Å². The number of aryl methyl sites for hydroxylation is 2. The summed E-state index contributed by atoms with van der Waals surface area (Å²) in [6.07, 6.45) is 17.2. The SMILES string of the molecule is Cc1nc2ccccc2c2c1O[C@]1(CC2)C[C@H]2C(=O)N[C@]3(C(=O)NS(=O)(=O)C4(C)CC4)C[C@@H]3/C=C\CCCCC[C@H](NCCC3CCCC3)C(=O)N2C1. The number of nitrogens with zero attached hydrogens (tertiary/aromatic N) is 2. The molecule has 0 bridgehead atoms. The number of nitrogens with one attached hydrogen (secondary N) is 3. The van der Waals surface area contributed by atoms with E-state index in [9.17, 15) is 22.8 Å². The molecule has 1 aromatic carbocycles. The smallest absolute Gasteiger partial charge is 0.259 e. The van der Waals surface area contributed by atoms with Gasteiger partial charge in [0.15, 0.2) is 0 Å². The molecule has 3 aliphatic heterocycles. The first-order valence-electron chi connectivity index (χ1n) is 20.1. The molecule has 11 nitrogen and oxygen atoms in total. The van der Waals surface area contributed by atoms with Crippen molar-refractivity contribution in [2.45, 2.75) is 145 Å². The monoisotopic (exact) mass is 745 g/mol. The van der Waals surface area contributed by atoms with Crippen molar-refractivity contribution in [2.75, 3.05) is 13.1 Å². The van der Waals surface area contributed by atoms with Crippen molar-refractivity contribution >= 4 is 38.6 Å². The molecule has 2 aromatic rings. The number of para-hydroxylation sites is 1. The standard InChI is InChI=1S/C41H55N5O6S/c1-27-35-31(30-15-10-11-16-32(30)43-27)18-20-40(52-35)25-34-36(47)44-41(38(49)45-53(50,51)39(2)21-22-39)24-29(41)14-6-4-3-5-7-17-33(37(48)46(34)26-40)42-23-19-28-12-8-9-13-28/h6,10-11,14-16,28-29,33-34,42H,3-5,7-9,12-13,17-26H2,1-2H3,(H,44,47)(H,45,49)/b14-6-/t29-,33-,34-,40+,41+/m0/s1. The molecule has 0 radical (unpaired) electrons. The van der Waals surface area contributed by atoms with E-state index in [2.05, 4.69) is 27.5 Å². The molecule has 4 heterocycles. The second-order valence-electron chi connectivity index (χ2n) is 17.2. The normalized spacial score (nSPS) is 32.1. The zero-order chi connectivity index (χ0) is 37.0. The maximum Gasteiger partial charge on any atom is 0.259 e. The van der Waals surface area contributed by atoms with E-state index >= 15 is 0 Å². The quantitative estimate of drug-likeness (QED) is 0.331. The minimum atomic E-state index is -3.92. The van der Waals surface area contributed by atoms with Gasteiger partial charge in [0, 0.05) is 23.3 Å². The van der Waals surface area contributed by atoms with Gasteiger partial charge in [-0.15, -0.1) is 0 Å². The third-order valence-corrected chi connectivity index (χ3v) is 15.5. The van der Waals surface area contributed by atoms with E-state index in [4.69, 9.17) is 9.72 Å². The molecule has 1 aromatic heterocycles. The average molecular weight is 746 g/mol. The number of benzene rings is 1. The number of carbonyl (C=O) groups excluding carboxylic acids is 3. The van der Waals surface area contributed by atoms with Crippen LogP contribution in [0.3, 0.4) is 0 Å². The Labute approximate surface area is 313 Å². The summed E-state index contributed by atoms with van der Waals surface area (Å²) < 4.78 is 34.7.